The molecule has 3 N–H and O–H groups in total. The first-order valence-electron chi connectivity index (χ1n) is 21.9. The molecule has 3 aromatic carbocycles. The number of likely N-dealkylation sites (tertiary alicyclic amines) is 1. The number of amides is 5. The predicted molar refractivity (Wildman–Crippen MR) is 237 cm³/mol. The van der Waals surface area contributed by atoms with Crippen molar-refractivity contribution in [3.63, 3.8) is 0 Å². The van der Waals surface area contributed by atoms with Gasteiger partial charge in [0.05, 0.1) is 27.1 Å². The molecule has 328 valence electrons. The van der Waals surface area contributed by atoms with Gasteiger partial charge in [-0.3, -0.25) is 43.9 Å². The van der Waals surface area contributed by atoms with E-state index in [1.807, 2.05) is 41.3 Å². The Morgan fingerprint density at radius 3 is 2.42 bits per heavy atom. The third kappa shape index (κ3) is 7.96. The fourth-order valence-corrected chi connectivity index (χ4v) is 10.1. The minimum absolute atomic E-state index is 0.0642. The number of para-hydroxylation sites is 1. The van der Waals surface area contributed by atoms with Crippen molar-refractivity contribution in [1.29, 1.82) is 0 Å². The Morgan fingerprint density at radius 1 is 0.844 bits per heavy atom. The number of ketones is 1. The molecule has 6 heterocycles. The van der Waals surface area contributed by atoms with Crippen LogP contribution in [0.3, 0.4) is 0 Å². The molecule has 5 aromatic rings. The summed E-state index contributed by atoms with van der Waals surface area (Å²) in [4.78, 5) is 97.9. The number of aromatic amines is 1. The third-order valence-electron chi connectivity index (χ3n) is 13.3. The van der Waals surface area contributed by atoms with E-state index in [1.54, 1.807) is 36.5 Å². The van der Waals surface area contributed by atoms with Crippen LogP contribution in [0, 0.1) is 5.92 Å². The van der Waals surface area contributed by atoms with E-state index in [-0.39, 0.29) is 46.7 Å². The Hall–Kier alpha value is -6.65. The smallest absolute Gasteiger partial charge is 0.262 e. The largest absolute Gasteiger partial charge is 0.457 e. The second-order valence-corrected chi connectivity index (χ2v) is 17.7. The second kappa shape index (κ2) is 17.1. The first-order valence-corrected chi connectivity index (χ1v) is 22.2. The number of nitrogens with zero attached hydrogens (tertiary/aromatic N) is 6. The molecule has 0 spiro atoms. The Balaban J connectivity index is 0.708. The average Bonchev–Trinajstić information content (AvgIpc) is 3.83. The Morgan fingerprint density at radius 2 is 1.64 bits per heavy atom. The van der Waals surface area contributed by atoms with Crippen LogP contribution in [-0.2, 0) is 14.4 Å². The van der Waals surface area contributed by atoms with Crippen LogP contribution in [0.2, 0.25) is 5.02 Å². The summed E-state index contributed by atoms with van der Waals surface area (Å²) in [6, 6.07) is 18.9. The molecule has 16 nitrogen and oxygen atoms in total. The van der Waals surface area contributed by atoms with Gasteiger partial charge in [-0.1, -0.05) is 29.8 Å². The molecule has 3 saturated heterocycles. The highest BCUT2D eigenvalue weighted by atomic mass is 35.5. The highest BCUT2D eigenvalue weighted by Gasteiger charge is 2.45. The van der Waals surface area contributed by atoms with Crippen molar-refractivity contribution in [2.75, 3.05) is 49.5 Å². The number of aromatic nitrogens is 3. The van der Waals surface area contributed by atoms with Gasteiger partial charge in [0.1, 0.15) is 35.3 Å². The summed E-state index contributed by atoms with van der Waals surface area (Å²) >= 11 is 6.64. The number of ether oxygens (including phenoxy) is 1. The second-order valence-electron chi connectivity index (χ2n) is 17.3. The normalized spacial score (nSPS) is 22.6. The summed E-state index contributed by atoms with van der Waals surface area (Å²) in [6.07, 6.45) is 7.39. The fourth-order valence-electron chi connectivity index (χ4n) is 9.82. The first-order chi connectivity index (χ1) is 31.1. The number of fused-ring (bicyclic) bond motifs is 2. The molecule has 4 fully saturated rings. The Labute approximate surface area is 373 Å². The maximum absolute atomic E-state index is 13.9. The van der Waals surface area contributed by atoms with E-state index >= 15 is 0 Å². The summed E-state index contributed by atoms with van der Waals surface area (Å²) in [7, 11) is 0. The third-order valence-corrected chi connectivity index (χ3v) is 13.6. The molecule has 4 aliphatic heterocycles. The number of hydrogen-bond acceptors (Lipinski definition) is 12. The van der Waals surface area contributed by atoms with Crippen LogP contribution in [0.5, 0.6) is 11.5 Å². The molecule has 1 saturated carbocycles. The van der Waals surface area contributed by atoms with Crippen LogP contribution in [0.15, 0.2) is 79.3 Å². The monoisotopic (exact) mass is 883 g/mol. The average molecular weight is 884 g/mol. The van der Waals surface area contributed by atoms with Crippen LogP contribution in [0.1, 0.15) is 81.6 Å². The summed E-state index contributed by atoms with van der Waals surface area (Å²) < 4.78 is 5.90. The number of hydrogen-bond donors (Lipinski definition) is 3. The minimum Gasteiger partial charge on any atom is -0.457 e. The number of rotatable bonds is 11. The standard InChI is InChI=1S/C47H46ClN9O7/c48-37-23-32(64-31-6-2-1-3-7-31)9-11-34(37)42(60)36-24-49-43-41(36)44(51-26-50-43)52-28-5-4-14-56(25-28)40(59)21-27-19-30(20-27)55-17-15-54(16-18-55)29-8-10-33-35(22-29)47(63)57(46(33)62)38-12-13-39(58)53-45(38)61/h1-3,6-11,22-24,26-28,30,38H,4-5,12-21,25H2,(H,53,58,61)(H2,49,50,51,52)/t27?,28-,30?,38?/m1/s1. The number of nitrogens with one attached hydrogen (secondary N) is 3. The van der Waals surface area contributed by atoms with Crippen LogP contribution in [0.4, 0.5) is 11.5 Å². The van der Waals surface area contributed by atoms with E-state index < -0.39 is 29.7 Å². The van der Waals surface area contributed by atoms with Crippen LogP contribution >= 0.6 is 11.6 Å². The molecule has 17 heteroatoms. The van der Waals surface area contributed by atoms with Crippen molar-refractivity contribution in [1.82, 2.24) is 35.0 Å². The van der Waals surface area contributed by atoms with E-state index in [0.717, 1.165) is 62.4 Å². The van der Waals surface area contributed by atoms with Gasteiger partial charge in [-0.25, -0.2) is 9.97 Å². The van der Waals surface area contributed by atoms with Crippen molar-refractivity contribution in [2.24, 2.45) is 5.92 Å². The van der Waals surface area contributed by atoms with Crippen molar-refractivity contribution in [2.45, 2.75) is 63.1 Å². The van der Waals surface area contributed by atoms with Crippen molar-refractivity contribution in [3.05, 3.63) is 107 Å². The molecule has 1 unspecified atom stereocenters. The minimum atomic E-state index is -0.994. The summed E-state index contributed by atoms with van der Waals surface area (Å²) in [5.41, 5.74) is 2.63. The SMILES string of the molecule is O=C1CCC(N2C(=O)c3ccc(N4CCN(C5CC(CC(=O)N6CCC[C@@H](Nc7ncnc8[nH]cc(C(=O)c9ccc(Oc%10ccccc%10)cc9Cl)c78)C6)C5)CC4)cc3C2=O)C(=O)N1. The molecule has 10 rings (SSSR count). The lowest BCUT2D eigenvalue weighted by molar-refractivity contribution is -0.136. The Kier molecular flexibility index (Phi) is 11.1. The van der Waals surface area contributed by atoms with E-state index in [0.29, 0.717) is 70.9 Å². The van der Waals surface area contributed by atoms with Crippen molar-refractivity contribution in [3.8, 4) is 11.5 Å². The molecule has 5 amide bonds. The zero-order chi connectivity index (χ0) is 44.1. The zero-order valence-corrected chi connectivity index (χ0v) is 35.7. The fraction of sp³-hybridized carbons (Fsp3) is 0.362. The van der Waals surface area contributed by atoms with Gasteiger partial charge >= 0.3 is 0 Å². The van der Waals surface area contributed by atoms with Gasteiger partial charge in [-0.05, 0) is 80.5 Å². The first kappa shape index (κ1) is 41.4. The number of H-pyrrole nitrogens is 1. The molecule has 1 aliphatic carbocycles. The van der Waals surface area contributed by atoms with Crippen molar-refractivity contribution >= 4 is 69.5 Å². The van der Waals surface area contributed by atoms with E-state index in [9.17, 15) is 28.8 Å². The van der Waals surface area contributed by atoms with Gasteiger partial charge in [0.25, 0.3) is 11.8 Å². The topological polar surface area (TPSA) is 190 Å². The molecule has 64 heavy (non-hydrogen) atoms. The maximum Gasteiger partial charge on any atom is 0.262 e. The van der Waals surface area contributed by atoms with Gasteiger partial charge in [0.15, 0.2) is 5.78 Å². The van der Waals surface area contributed by atoms with Gasteiger partial charge in [-0.2, -0.15) is 0 Å². The van der Waals surface area contributed by atoms with Gasteiger partial charge in [0.2, 0.25) is 17.7 Å². The lowest BCUT2D eigenvalue weighted by Crippen LogP contribution is -2.54. The highest BCUT2D eigenvalue weighted by Crippen LogP contribution is 2.37. The molecule has 0 radical (unpaired) electrons. The van der Waals surface area contributed by atoms with Crippen LogP contribution < -0.4 is 20.3 Å². The summed E-state index contributed by atoms with van der Waals surface area (Å²) in [5, 5.41) is 6.60. The number of piperidine rings is 2. The van der Waals surface area contributed by atoms with E-state index in [1.165, 1.54) is 6.33 Å². The van der Waals surface area contributed by atoms with Crippen LogP contribution in [-0.4, -0.2) is 122 Å². The number of anilines is 2. The zero-order valence-electron chi connectivity index (χ0n) is 34.9. The van der Waals surface area contributed by atoms with Gasteiger partial charge in [0, 0.05) is 87.7 Å². The van der Waals surface area contributed by atoms with Gasteiger partial charge in [-0.15, -0.1) is 0 Å². The lowest BCUT2D eigenvalue weighted by atomic mass is 9.76. The number of carbonyl (C=O) groups excluding carboxylic acids is 6. The number of halogens is 1. The predicted octanol–water partition coefficient (Wildman–Crippen LogP) is 5.43. The number of benzene rings is 3. The molecule has 2 atom stereocenters. The quantitative estimate of drug-likeness (QED) is 0.113. The Bertz CT molecular complexity index is 2700. The number of carbonyl (C=O) groups is 6. The molecule has 5 aliphatic rings. The van der Waals surface area contributed by atoms with E-state index in [4.69, 9.17) is 16.3 Å². The number of imide groups is 2. The van der Waals surface area contributed by atoms with Crippen LogP contribution in [0.25, 0.3) is 11.0 Å². The lowest BCUT2D eigenvalue weighted by Gasteiger charge is -2.47. The van der Waals surface area contributed by atoms with Gasteiger partial charge < -0.3 is 24.8 Å². The summed E-state index contributed by atoms with van der Waals surface area (Å²) in [5.74, 6) is -0.160. The summed E-state index contributed by atoms with van der Waals surface area (Å²) in [6.45, 7) is 4.41. The molecular weight excluding hydrogens is 838 g/mol. The highest BCUT2D eigenvalue weighted by molar-refractivity contribution is 6.36. The van der Waals surface area contributed by atoms with Crippen molar-refractivity contribution < 1.29 is 33.5 Å². The molecular formula is C47H46ClN9O7. The number of piperazine rings is 1. The molecule has 2 aromatic heterocycles. The maximum atomic E-state index is 13.9. The molecule has 0 bridgehead atoms. The van der Waals surface area contributed by atoms with E-state index in [2.05, 4.69) is 35.4 Å².